The monoisotopic (exact) mass is 242 g/mol. The van der Waals surface area contributed by atoms with Gasteiger partial charge >= 0.3 is 0 Å². The van der Waals surface area contributed by atoms with E-state index < -0.39 is 0 Å². The molecule has 0 radical (unpaired) electrons. The first-order chi connectivity index (χ1) is 8.69. The SMILES string of the molecule is CC1CCC(NCc2ccc(C#N)cc2)C(C)C1. The van der Waals surface area contributed by atoms with Gasteiger partial charge in [-0.25, -0.2) is 0 Å². The van der Waals surface area contributed by atoms with E-state index in [9.17, 15) is 0 Å². The Bertz CT molecular complexity index is 416. The molecule has 0 aliphatic heterocycles. The van der Waals surface area contributed by atoms with Crippen LogP contribution in [-0.4, -0.2) is 6.04 Å². The fraction of sp³-hybridized carbons (Fsp3) is 0.562. The Balaban J connectivity index is 1.85. The molecule has 96 valence electrons. The third-order valence-corrected chi connectivity index (χ3v) is 4.08. The van der Waals surface area contributed by atoms with Gasteiger partial charge in [0.2, 0.25) is 0 Å². The molecule has 3 atom stereocenters. The molecule has 1 N–H and O–H groups in total. The van der Waals surface area contributed by atoms with Gasteiger partial charge in [-0.3, -0.25) is 0 Å². The molecule has 1 saturated carbocycles. The van der Waals surface area contributed by atoms with Gasteiger partial charge in [0.05, 0.1) is 11.6 Å². The standard InChI is InChI=1S/C16H22N2/c1-12-3-8-16(13(2)9-12)18-11-15-6-4-14(10-17)5-7-15/h4-7,12-13,16,18H,3,8-9,11H2,1-2H3. The zero-order chi connectivity index (χ0) is 13.0. The molecule has 2 heteroatoms. The summed E-state index contributed by atoms with van der Waals surface area (Å²) in [5.41, 5.74) is 2.00. The second-order valence-electron chi connectivity index (χ2n) is 5.69. The van der Waals surface area contributed by atoms with Gasteiger partial charge in [0.15, 0.2) is 0 Å². The number of hydrogen-bond donors (Lipinski definition) is 1. The summed E-state index contributed by atoms with van der Waals surface area (Å²) in [7, 11) is 0. The highest BCUT2D eigenvalue weighted by atomic mass is 14.9. The molecule has 0 spiro atoms. The summed E-state index contributed by atoms with van der Waals surface area (Å²) in [6, 6.07) is 10.7. The van der Waals surface area contributed by atoms with Crippen LogP contribution >= 0.6 is 0 Å². The normalized spacial score (nSPS) is 27.7. The lowest BCUT2D eigenvalue weighted by Crippen LogP contribution is -2.38. The predicted molar refractivity (Wildman–Crippen MR) is 74.0 cm³/mol. The molecule has 0 amide bonds. The molecule has 3 unspecified atom stereocenters. The van der Waals surface area contributed by atoms with Crippen molar-refractivity contribution in [1.29, 1.82) is 5.26 Å². The van der Waals surface area contributed by atoms with Crippen molar-refractivity contribution in [1.82, 2.24) is 5.32 Å². The Morgan fingerprint density at radius 2 is 1.94 bits per heavy atom. The van der Waals surface area contributed by atoms with Crippen molar-refractivity contribution in [2.24, 2.45) is 11.8 Å². The lowest BCUT2D eigenvalue weighted by molar-refractivity contribution is 0.227. The maximum Gasteiger partial charge on any atom is 0.0991 e. The van der Waals surface area contributed by atoms with Gasteiger partial charge in [-0.2, -0.15) is 5.26 Å². The molecule has 1 aromatic rings. The van der Waals surface area contributed by atoms with Crippen molar-refractivity contribution in [3.05, 3.63) is 35.4 Å². The molecule has 0 bridgehead atoms. The van der Waals surface area contributed by atoms with Crippen molar-refractivity contribution in [2.75, 3.05) is 0 Å². The maximum absolute atomic E-state index is 8.76. The second kappa shape index (κ2) is 6.02. The van der Waals surface area contributed by atoms with Crippen molar-refractivity contribution >= 4 is 0 Å². The van der Waals surface area contributed by atoms with E-state index >= 15 is 0 Å². The number of nitriles is 1. The van der Waals surface area contributed by atoms with Gasteiger partial charge in [-0.15, -0.1) is 0 Å². The number of hydrogen-bond acceptors (Lipinski definition) is 2. The van der Waals surface area contributed by atoms with Gasteiger partial charge in [-0.05, 0) is 48.8 Å². The Morgan fingerprint density at radius 1 is 1.22 bits per heavy atom. The minimum absolute atomic E-state index is 0.650. The average Bonchev–Trinajstić information content (AvgIpc) is 2.38. The third kappa shape index (κ3) is 3.34. The van der Waals surface area contributed by atoms with Crippen LogP contribution in [-0.2, 0) is 6.54 Å². The molecule has 18 heavy (non-hydrogen) atoms. The van der Waals surface area contributed by atoms with E-state index in [-0.39, 0.29) is 0 Å². The van der Waals surface area contributed by atoms with Crippen LogP contribution in [0.15, 0.2) is 24.3 Å². The van der Waals surface area contributed by atoms with Gasteiger partial charge in [0, 0.05) is 12.6 Å². The minimum atomic E-state index is 0.650. The Hall–Kier alpha value is -1.33. The number of rotatable bonds is 3. The number of benzene rings is 1. The van der Waals surface area contributed by atoms with Crippen molar-refractivity contribution in [2.45, 2.75) is 45.7 Å². The van der Waals surface area contributed by atoms with Crippen LogP contribution in [0.5, 0.6) is 0 Å². The van der Waals surface area contributed by atoms with E-state index in [2.05, 4.69) is 25.2 Å². The fourth-order valence-electron chi connectivity index (χ4n) is 2.91. The molecule has 1 aromatic carbocycles. The summed E-state index contributed by atoms with van der Waals surface area (Å²) in [6.45, 7) is 5.62. The smallest absolute Gasteiger partial charge is 0.0991 e. The van der Waals surface area contributed by atoms with Crippen LogP contribution < -0.4 is 5.32 Å². The van der Waals surface area contributed by atoms with Gasteiger partial charge in [0.1, 0.15) is 0 Å². The summed E-state index contributed by atoms with van der Waals surface area (Å²) in [5, 5.41) is 12.4. The van der Waals surface area contributed by atoms with Crippen LogP contribution in [0.2, 0.25) is 0 Å². The minimum Gasteiger partial charge on any atom is -0.310 e. The molecule has 2 rings (SSSR count). The number of nitrogens with zero attached hydrogens (tertiary/aromatic N) is 1. The molecule has 1 aliphatic rings. The average molecular weight is 242 g/mol. The van der Waals surface area contributed by atoms with Gasteiger partial charge < -0.3 is 5.32 Å². The topological polar surface area (TPSA) is 35.8 Å². The van der Waals surface area contributed by atoms with Gasteiger partial charge in [0.25, 0.3) is 0 Å². The summed E-state index contributed by atoms with van der Waals surface area (Å²) in [4.78, 5) is 0. The third-order valence-electron chi connectivity index (χ3n) is 4.08. The highest BCUT2D eigenvalue weighted by Gasteiger charge is 2.24. The zero-order valence-corrected chi connectivity index (χ0v) is 11.3. The van der Waals surface area contributed by atoms with E-state index in [1.54, 1.807) is 0 Å². The van der Waals surface area contributed by atoms with Crippen LogP contribution in [0.3, 0.4) is 0 Å². The van der Waals surface area contributed by atoms with E-state index in [1.807, 2.05) is 24.3 Å². The molecular weight excluding hydrogens is 220 g/mol. The fourth-order valence-corrected chi connectivity index (χ4v) is 2.91. The molecule has 2 nitrogen and oxygen atoms in total. The van der Waals surface area contributed by atoms with Crippen LogP contribution in [0.25, 0.3) is 0 Å². The molecular formula is C16H22N2. The van der Waals surface area contributed by atoms with Crippen LogP contribution in [0.4, 0.5) is 0 Å². The highest BCUT2D eigenvalue weighted by molar-refractivity contribution is 5.31. The van der Waals surface area contributed by atoms with Gasteiger partial charge in [-0.1, -0.05) is 26.0 Å². The Kier molecular flexibility index (Phi) is 4.38. The lowest BCUT2D eigenvalue weighted by atomic mass is 9.80. The predicted octanol–water partition coefficient (Wildman–Crippen LogP) is 3.47. The quantitative estimate of drug-likeness (QED) is 0.881. The summed E-state index contributed by atoms with van der Waals surface area (Å²) in [5.74, 6) is 1.65. The first kappa shape index (κ1) is 13.1. The van der Waals surface area contributed by atoms with Crippen molar-refractivity contribution < 1.29 is 0 Å². The van der Waals surface area contributed by atoms with E-state index in [1.165, 1.54) is 24.8 Å². The first-order valence-electron chi connectivity index (χ1n) is 6.91. The van der Waals surface area contributed by atoms with E-state index in [4.69, 9.17) is 5.26 Å². The summed E-state index contributed by atoms with van der Waals surface area (Å²) < 4.78 is 0. The van der Waals surface area contributed by atoms with Crippen molar-refractivity contribution in [3.8, 4) is 6.07 Å². The molecule has 0 heterocycles. The molecule has 0 aromatic heterocycles. The zero-order valence-electron chi connectivity index (χ0n) is 11.3. The molecule has 1 fully saturated rings. The maximum atomic E-state index is 8.76. The molecule has 1 aliphatic carbocycles. The van der Waals surface area contributed by atoms with Crippen LogP contribution in [0, 0.1) is 23.2 Å². The van der Waals surface area contributed by atoms with Crippen LogP contribution in [0.1, 0.15) is 44.2 Å². The lowest BCUT2D eigenvalue weighted by Gasteiger charge is -2.33. The highest BCUT2D eigenvalue weighted by Crippen LogP contribution is 2.28. The number of nitrogens with one attached hydrogen (secondary N) is 1. The van der Waals surface area contributed by atoms with E-state index in [0.29, 0.717) is 6.04 Å². The summed E-state index contributed by atoms with van der Waals surface area (Å²) >= 11 is 0. The second-order valence-corrected chi connectivity index (χ2v) is 5.69. The summed E-state index contributed by atoms with van der Waals surface area (Å²) in [6.07, 6.45) is 3.97. The Morgan fingerprint density at radius 3 is 2.56 bits per heavy atom. The molecule has 0 saturated heterocycles. The van der Waals surface area contributed by atoms with Crippen molar-refractivity contribution in [3.63, 3.8) is 0 Å². The first-order valence-corrected chi connectivity index (χ1v) is 6.91. The van der Waals surface area contributed by atoms with E-state index in [0.717, 1.165) is 23.9 Å². The largest absolute Gasteiger partial charge is 0.310 e. The Labute approximate surface area is 110 Å².